The van der Waals surface area contributed by atoms with E-state index in [1.54, 1.807) is 0 Å². The molecule has 0 nitrogen and oxygen atoms in total. The average Bonchev–Trinajstić information content (AvgIpc) is 1.98. The van der Waals surface area contributed by atoms with Gasteiger partial charge in [-0.3, -0.25) is 0 Å². The SMILES string of the molecule is CCCCCCC(C)C=S. The van der Waals surface area contributed by atoms with E-state index in [1.807, 2.05) is 5.37 Å². The molecule has 0 spiro atoms. The van der Waals surface area contributed by atoms with E-state index in [1.165, 1.54) is 32.1 Å². The van der Waals surface area contributed by atoms with Crippen molar-refractivity contribution in [3.8, 4) is 0 Å². The molecular formula is C9H18S. The van der Waals surface area contributed by atoms with Gasteiger partial charge in [0.2, 0.25) is 0 Å². The third-order valence-electron chi connectivity index (χ3n) is 1.75. The van der Waals surface area contributed by atoms with Crippen LogP contribution in [0, 0.1) is 5.92 Å². The van der Waals surface area contributed by atoms with Gasteiger partial charge < -0.3 is 0 Å². The first-order valence-electron chi connectivity index (χ1n) is 4.26. The van der Waals surface area contributed by atoms with Crippen molar-refractivity contribution in [2.24, 2.45) is 5.92 Å². The standard InChI is InChI=1S/C9H18S/c1-3-4-5-6-7-9(2)8-10/h8-9H,3-7H2,1-2H3. The van der Waals surface area contributed by atoms with E-state index in [0.717, 1.165) is 0 Å². The largest absolute Gasteiger partial charge is 0.0932 e. The van der Waals surface area contributed by atoms with Crippen LogP contribution in [-0.2, 0) is 0 Å². The van der Waals surface area contributed by atoms with Crippen molar-refractivity contribution < 1.29 is 0 Å². The summed E-state index contributed by atoms with van der Waals surface area (Å²) in [6.07, 6.45) is 6.71. The van der Waals surface area contributed by atoms with Crippen molar-refractivity contribution in [1.29, 1.82) is 0 Å². The summed E-state index contributed by atoms with van der Waals surface area (Å²) in [6.45, 7) is 4.43. The fourth-order valence-corrected chi connectivity index (χ4v) is 1.10. The number of rotatable bonds is 6. The molecule has 0 saturated heterocycles. The smallest absolute Gasteiger partial charge is 0.0157 e. The van der Waals surface area contributed by atoms with Crippen LogP contribution < -0.4 is 0 Å². The highest BCUT2D eigenvalue weighted by atomic mass is 32.1. The van der Waals surface area contributed by atoms with E-state index < -0.39 is 0 Å². The van der Waals surface area contributed by atoms with Gasteiger partial charge in [-0.1, -0.05) is 51.7 Å². The molecule has 0 N–H and O–H groups in total. The van der Waals surface area contributed by atoms with Crippen LogP contribution >= 0.6 is 12.2 Å². The molecule has 0 aliphatic carbocycles. The van der Waals surface area contributed by atoms with Crippen molar-refractivity contribution in [2.75, 3.05) is 0 Å². The zero-order valence-electron chi connectivity index (χ0n) is 7.10. The summed E-state index contributed by atoms with van der Waals surface area (Å²) in [7, 11) is 0. The number of thiocarbonyl (C=S) groups is 1. The molecular weight excluding hydrogens is 140 g/mol. The van der Waals surface area contributed by atoms with Gasteiger partial charge in [-0.2, -0.15) is 0 Å². The lowest BCUT2D eigenvalue weighted by molar-refractivity contribution is 0.587. The Morgan fingerprint density at radius 1 is 1.30 bits per heavy atom. The van der Waals surface area contributed by atoms with E-state index in [9.17, 15) is 0 Å². The monoisotopic (exact) mass is 158 g/mol. The second-order valence-electron chi connectivity index (χ2n) is 2.96. The van der Waals surface area contributed by atoms with Crippen LogP contribution in [-0.4, -0.2) is 5.37 Å². The van der Waals surface area contributed by atoms with Gasteiger partial charge in [0.25, 0.3) is 0 Å². The Labute approximate surface area is 70.0 Å². The Morgan fingerprint density at radius 3 is 2.50 bits per heavy atom. The van der Waals surface area contributed by atoms with Crippen LogP contribution in [0.3, 0.4) is 0 Å². The Kier molecular flexibility index (Phi) is 7.26. The zero-order chi connectivity index (χ0) is 7.82. The Morgan fingerprint density at radius 2 is 2.00 bits per heavy atom. The fraction of sp³-hybridized carbons (Fsp3) is 0.889. The molecule has 0 aromatic rings. The maximum Gasteiger partial charge on any atom is -0.0157 e. The minimum Gasteiger partial charge on any atom is -0.0932 e. The minimum absolute atomic E-state index is 0.645. The number of unbranched alkanes of at least 4 members (excludes halogenated alkanes) is 3. The fourth-order valence-electron chi connectivity index (χ4n) is 0.961. The quantitative estimate of drug-likeness (QED) is 0.420. The van der Waals surface area contributed by atoms with Gasteiger partial charge in [-0.15, -0.1) is 0 Å². The predicted octanol–water partition coefficient (Wildman–Crippen LogP) is 3.59. The number of hydrogen-bond donors (Lipinski definition) is 0. The predicted molar refractivity (Wildman–Crippen MR) is 51.6 cm³/mol. The molecule has 0 rings (SSSR count). The molecule has 1 unspecified atom stereocenters. The van der Waals surface area contributed by atoms with E-state index in [2.05, 4.69) is 13.8 Å². The van der Waals surface area contributed by atoms with Gasteiger partial charge in [-0.05, 0) is 17.7 Å². The van der Waals surface area contributed by atoms with E-state index in [0.29, 0.717) is 5.92 Å². The average molecular weight is 158 g/mol. The molecule has 0 aliphatic rings. The summed E-state index contributed by atoms with van der Waals surface area (Å²) in [5, 5.41) is 1.88. The lowest BCUT2D eigenvalue weighted by Gasteiger charge is -2.02. The van der Waals surface area contributed by atoms with Gasteiger partial charge in [0, 0.05) is 0 Å². The maximum absolute atomic E-state index is 4.83. The molecule has 0 aromatic heterocycles. The second-order valence-corrected chi connectivity index (χ2v) is 3.23. The van der Waals surface area contributed by atoms with Gasteiger partial charge in [0.05, 0.1) is 0 Å². The van der Waals surface area contributed by atoms with Gasteiger partial charge in [-0.25, -0.2) is 0 Å². The van der Waals surface area contributed by atoms with Crippen molar-refractivity contribution >= 4 is 17.6 Å². The van der Waals surface area contributed by atoms with Crippen LogP contribution in [0.4, 0.5) is 0 Å². The molecule has 0 bridgehead atoms. The minimum atomic E-state index is 0.645. The highest BCUT2D eigenvalue weighted by molar-refractivity contribution is 7.79. The zero-order valence-corrected chi connectivity index (χ0v) is 7.91. The van der Waals surface area contributed by atoms with Crippen molar-refractivity contribution in [3.05, 3.63) is 0 Å². The lowest BCUT2D eigenvalue weighted by atomic mass is 10.0. The summed E-state index contributed by atoms with van der Waals surface area (Å²) in [5.74, 6) is 0.645. The highest BCUT2D eigenvalue weighted by Crippen LogP contribution is 2.08. The molecule has 0 aromatic carbocycles. The summed E-state index contributed by atoms with van der Waals surface area (Å²) in [5.41, 5.74) is 0. The second kappa shape index (κ2) is 7.20. The van der Waals surface area contributed by atoms with Gasteiger partial charge in [0.1, 0.15) is 0 Å². The number of hydrogen-bond acceptors (Lipinski definition) is 1. The molecule has 0 radical (unpaired) electrons. The van der Waals surface area contributed by atoms with Crippen LogP contribution in [0.5, 0.6) is 0 Å². The van der Waals surface area contributed by atoms with Crippen LogP contribution in [0.1, 0.15) is 46.0 Å². The van der Waals surface area contributed by atoms with Crippen molar-refractivity contribution in [1.82, 2.24) is 0 Å². The molecule has 60 valence electrons. The normalized spacial score (nSPS) is 13.0. The topological polar surface area (TPSA) is 0 Å². The summed E-state index contributed by atoms with van der Waals surface area (Å²) < 4.78 is 0. The molecule has 0 aliphatic heterocycles. The Hall–Kier alpha value is 0.0900. The summed E-state index contributed by atoms with van der Waals surface area (Å²) in [4.78, 5) is 0. The lowest BCUT2D eigenvalue weighted by Crippen LogP contribution is -1.92. The first-order chi connectivity index (χ1) is 4.81. The van der Waals surface area contributed by atoms with E-state index in [-0.39, 0.29) is 0 Å². The van der Waals surface area contributed by atoms with E-state index >= 15 is 0 Å². The molecule has 1 heteroatoms. The van der Waals surface area contributed by atoms with Crippen LogP contribution in [0.15, 0.2) is 0 Å². The third-order valence-corrected chi connectivity index (χ3v) is 2.21. The molecule has 10 heavy (non-hydrogen) atoms. The first-order valence-corrected chi connectivity index (χ1v) is 4.73. The van der Waals surface area contributed by atoms with Crippen molar-refractivity contribution in [3.63, 3.8) is 0 Å². The molecule has 0 amide bonds. The maximum atomic E-state index is 4.83. The van der Waals surface area contributed by atoms with Gasteiger partial charge >= 0.3 is 0 Å². The van der Waals surface area contributed by atoms with E-state index in [4.69, 9.17) is 12.2 Å². The van der Waals surface area contributed by atoms with Crippen molar-refractivity contribution in [2.45, 2.75) is 46.0 Å². The first kappa shape index (κ1) is 10.1. The molecule has 1 atom stereocenters. The summed E-state index contributed by atoms with van der Waals surface area (Å²) >= 11 is 4.83. The molecule has 0 fully saturated rings. The Balaban J connectivity index is 2.95. The van der Waals surface area contributed by atoms with Crippen LogP contribution in [0.2, 0.25) is 0 Å². The van der Waals surface area contributed by atoms with Gasteiger partial charge in [0.15, 0.2) is 0 Å². The Bertz CT molecular complexity index is 78.8. The molecule has 0 saturated carbocycles. The highest BCUT2D eigenvalue weighted by Gasteiger charge is 1.95. The summed E-state index contributed by atoms with van der Waals surface area (Å²) in [6, 6.07) is 0. The van der Waals surface area contributed by atoms with Crippen LogP contribution in [0.25, 0.3) is 0 Å². The third kappa shape index (κ3) is 6.21. The molecule has 0 heterocycles.